The van der Waals surface area contributed by atoms with E-state index in [2.05, 4.69) is 35.7 Å². The first-order valence-electron chi connectivity index (χ1n) is 8.50. The molecule has 0 amide bonds. The van der Waals surface area contributed by atoms with Gasteiger partial charge in [-0.1, -0.05) is 20.8 Å². The van der Waals surface area contributed by atoms with Gasteiger partial charge in [-0.2, -0.15) is 0 Å². The first-order chi connectivity index (χ1) is 11.3. The van der Waals surface area contributed by atoms with E-state index in [4.69, 9.17) is 10.5 Å². The standard InChI is InChI=1S/C19H28N4O/c1-6-16-8-17(23-12-22-16)15-7-14(4)18(21-10-15)24-11-19(5,20)9-13(2)3/h7-8,10,12-13H,6,9,11,20H2,1-5H3/t19-/m0/s1. The molecule has 0 saturated carbocycles. The van der Waals surface area contributed by atoms with Gasteiger partial charge in [0.25, 0.3) is 0 Å². The van der Waals surface area contributed by atoms with Gasteiger partial charge in [0.2, 0.25) is 5.88 Å². The predicted molar refractivity (Wildman–Crippen MR) is 96.9 cm³/mol. The summed E-state index contributed by atoms with van der Waals surface area (Å²) >= 11 is 0. The van der Waals surface area contributed by atoms with Crippen LogP contribution in [-0.4, -0.2) is 27.1 Å². The number of hydrogen-bond donors (Lipinski definition) is 1. The molecule has 0 fully saturated rings. The molecule has 5 nitrogen and oxygen atoms in total. The van der Waals surface area contributed by atoms with E-state index in [1.54, 1.807) is 12.5 Å². The van der Waals surface area contributed by atoms with Crippen molar-refractivity contribution in [3.05, 3.63) is 35.9 Å². The van der Waals surface area contributed by atoms with E-state index in [1.165, 1.54) is 0 Å². The lowest BCUT2D eigenvalue weighted by molar-refractivity contribution is 0.199. The molecule has 2 aromatic heterocycles. The van der Waals surface area contributed by atoms with Crippen molar-refractivity contribution in [1.82, 2.24) is 15.0 Å². The molecule has 2 rings (SSSR count). The second-order valence-electron chi connectivity index (χ2n) is 7.13. The average Bonchev–Trinajstić information content (AvgIpc) is 2.52. The van der Waals surface area contributed by atoms with Crippen molar-refractivity contribution in [1.29, 1.82) is 0 Å². The van der Waals surface area contributed by atoms with Crippen LogP contribution in [-0.2, 0) is 6.42 Å². The van der Waals surface area contributed by atoms with Gasteiger partial charge in [-0.3, -0.25) is 0 Å². The monoisotopic (exact) mass is 328 g/mol. The van der Waals surface area contributed by atoms with Gasteiger partial charge in [-0.25, -0.2) is 15.0 Å². The highest BCUT2D eigenvalue weighted by molar-refractivity contribution is 5.59. The minimum absolute atomic E-state index is 0.357. The SMILES string of the molecule is CCc1cc(-c2cnc(OC[C@@](C)(N)CC(C)C)c(C)c2)ncn1. The average molecular weight is 328 g/mol. The van der Waals surface area contributed by atoms with Crippen LogP contribution in [0.25, 0.3) is 11.3 Å². The molecule has 0 saturated heterocycles. The van der Waals surface area contributed by atoms with Gasteiger partial charge in [0.1, 0.15) is 12.9 Å². The van der Waals surface area contributed by atoms with Crippen molar-refractivity contribution in [3.63, 3.8) is 0 Å². The molecular formula is C19H28N4O. The quantitative estimate of drug-likeness (QED) is 0.841. The molecule has 2 aromatic rings. The Morgan fingerprint density at radius 3 is 2.58 bits per heavy atom. The Morgan fingerprint density at radius 1 is 1.21 bits per heavy atom. The van der Waals surface area contributed by atoms with Crippen LogP contribution in [0.4, 0.5) is 0 Å². The number of nitrogens with two attached hydrogens (primary N) is 1. The molecule has 1 atom stereocenters. The fourth-order valence-corrected chi connectivity index (χ4v) is 2.83. The van der Waals surface area contributed by atoms with Crippen LogP contribution < -0.4 is 10.5 Å². The van der Waals surface area contributed by atoms with E-state index in [-0.39, 0.29) is 5.54 Å². The largest absolute Gasteiger partial charge is 0.476 e. The van der Waals surface area contributed by atoms with E-state index in [0.717, 1.165) is 35.4 Å². The third kappa shape index (κ3) is 4.99. The molecule has 0 unspecified atom stereocenters. The lowest BCUT2D eigenvalue weighted by Gasteiger charge is -2.26. The summed E-state index contributed by atoms with van der Waals surface area (Å²) in [6.45, 7) is 10.9. The van der Waals surface area contributed by atoms with Crippen molar-refractivity contribution in [2.24, 2.45) is 11.7 Å². The van der Waals surface area contributed by atoms with Crippen LogP contribution >= 0.6 is 0 Å². The summed E-state index contributed by atoms with van der Waals surface area (Å²) in [5.41, 5.74) is 9.79. The molecule has 0 aliphatic carbocycles. The van der Waals surface area contributed by atoms with Crippen molar-refractivity contribution in [2.75, 3.05) is 6.61 Å². The zero-order valence-electron chi connectivity index (χ0n) is 15.3. The Balaban J connectivity index is 2.12. The van der Waals surface area contributed by atoms with Gasteiger partial charge in [-0.05, 0) is 44.7 Å². The summed E-state index contributed by atoms with van der Waals surface area (Å²) in [6, 6.07) is 4.04. The van der Waals surface area contributed by atoms with E-state index < -0.39 is 0 Å². The fourth-order valence-electron chi connectivity index (χ4n) is 2.83. The Kier molecular flexibility index (Phi) is 5.89. The maximum absolute atomic E-state index is 6.30. The van der Waals surface area contributed by atoms with Crippen LogP contribution in [0.2, 0.25) is 0 Å². The summed E-state index contributed by atoms with van der Waals surface area (Å²) in [4.78, 5) is 13.0. The summed E-state index contributed by atoms with van der Waals surface area (Å²) in [5, 5.41) is 0. The predicted octanol–water partition coefficient (Wildman–Crippen LogP) is 3.55. The Morgan fingerprint density at radius 2 is 1.96 bits per heavy atom. The van der Waals surface area contributed by atoms with Crippen LogP contribution in [0.5, 0.6) is 5.88 Å². The number of aromatic nitrogens is 3. The van der Waals surface area contributed by atoms with E-state index in [9.17, 15) is 0 Å². The number of nitrogens with zero attached hydrogens (tertiary/aromatic N) is 3. The highest BCUT2D eigenvalue weighted by Gasteiger charge is 2.21. The first kappa shape index (κ1) is 18.3. The van der Waals surface area contributed by atoms with Crippen molar-refractivity contribution in [2.45, 2.75) is 53.0 Å². The van der Waals surface area contributed by atoms with Crippen LogP contribution in [0.3, 0.4) is 0 Å². The number of pyridine rings is 1. The normalized spacial score (nSPS) is 13.8. The van der Waals surface area contributed by atoms with Gasteiger partial charge in [0, 0.05) is 28.6 Å². The minimum Gasteiger partial charge on any atom is -0.476 e. The molecule has 0 aliphatic heterocycles. The smallest absolute Gasteiger partial charge is 0.216 e. The van der Waals surface area contributed by atoms with Crippen LogP contribution in [0.15, 0.2) is 24.7 Å². The maximum Gasteiger partial charge on any atom is 0.216 e. The molecule has 0 bridgehead atoms. The van der Waals surface area contributed by atoms with Crippen molar-refractivity contribution >= 4 is 0 Å². The highest BCUT2D eigenvalue weighted by Crippen LogP contribution is 2.24. The Labute approximate surface area is 144 Å². The van der Waals surface area contributed by atoms with Gasteiger partial charge in [0.15, 0.2) is 0 Å². The fraction of sp³-hybridized carbons (Fsp3) is 0.526. The zero-order chi connectivity index (χ0) is 17.7. The second kappa shape index (κ2) is 7.71. The third-order valence-electron chi connectivity index (χ3n) is 3.83. The number of rotatable bonds is 7. The van der Waals surface area contributed by atoms with E-state index in [1.807, 2.05) is 26.0 Å². The maximum atomic E-state index is 6.30. The second-order valence-corrected chi connectivity index (χ2v) is 7.13. The van der Waals surface area contributed by atoms with Crippen LogP contribution in [0, 0.1) is 12.8 Å². The molecule has 130 valence electrons. The molecule has 0 aliphatic rings. The lowest BCUT2D eigenvalue weighted by atomic mass is 9.93. The number of aryl methyl sites for hydroxylation is 2. The molecule has 2 heterocycles. The van der Waals surface area contributed by atoms with Gasteiger partial charge >= 0.3 is 0 Å². The zero-order valence-corrected chi connectivity index (χ0v) is 15.3. The molecule has 0 radical (unpaired) electrons. The molecular weight excluding hydrogens is 300 g/mol. The van der Waals surface area contributed by atoms with Crippen LogP contribution in [0.1, 0.15) is 45.4 Å². The Hall–Kier alpha value is -2.01. The topological polar surface area (TPSA) is 73.9 Å². The summed E-state index contributed by atoms with van der Waals surface area (Å²) in [6.07, 6.45) is 5.18. The summed E-state index contributed by atoms with van der Waals surface area (Å²) in [5.74, 6) is 1.16. The van der Waals surface area contributed by atoms with Crippen molar-refractivity contribution < 1.29 is 4.74 Å². The van der Waals surface area contributed by atoms with Gasteiger partial charge in [-0.15, -0.1) is 0 Å². The number of hydrogen-bond acceptors (Lipinski definition) is 5. The summed E-state index contributed by atoms with van der Waals surface area (Å²) < 4.78 is 5.87. The first-order valence-corrected chi connectivity index (χ1v) is 8.50. The minimum atomic E-state index is -0.357. The Bertz CT molecular complexity index is 683. The van der Waals surface area contributed by atoms with E-state index >= 15 is 0 Å². The van der Waals surface area contributed by atoms with Gasteiger partial charge < -0.3 is 10.5 Å². The molecule has 24 heavy (non-hydrogen) atoms. The third-order valence-corrected chi connectivity index (χ3v) is 3.83. The molecule has 0 spiro atoms. The van der Waals surface area contributed by atoms with Gasteiger partial charge in [0.05, 0.1) is 5.69 Å². The molecule has 5 heteroatoms. The lowest BCUT2D eigenvalue weighted by Crippen LogP contribution is -2.43. The van der Waals surface area contributed by atoms with E-state index in [0.29, 0.717) is 18.4 Å². The number of ether oxygens (including phenoxy) is 1. The molecule has 0 aromatic carbocycles. The molecule has 2 N–H and O–H groups in total. The van der Waals surface area contributed by atoms with Crippen molar-refractivity contribution in [3.8, 4) is 17.1 Å². The highest BCUT2D eigenvalue weighted by atomic mass is 16.5. The summed E-state index contributed by atoms with van der Waals surface area (Å²) in [7, 11) is 0.